The molecule has 62 heavy (non-hydrogen) atoms. The van der Waals surface area contributed by atoms with Crippen LogP contribution in [0.1, 0.15) is 0 Å². The largest absolute Gasteiger partial charge is 0.455 e. The summed E-state index contributed by atoms with van der Waals surface area (Å²) in [6.07, 6.45) is 0. The molecule has 4 nitrogen and oxygen atoms in total. The number of nitrogens with zero attached hydrogens (tertiary/aromatic N) is 3. The highest BCUT2D eigenvalue weighted by Gasteiger charge is 2.19. The van der Waals surface area contributed by atoms with Gasteiger partial charge in [0, 0.05) is 53.2 Å². The van der Waals surface area contributed by atoms with Crippen molar-refractivity contribution >= 4 is 53.4 Å². The molecular formula is C57H35N3OS. The minimum absolute atomic E-state index is 0.604. The summed E-state index contributed by atoms with van der Waals surface area (Å²) in [6.45, 7) is 0. The van der Waals surface area contributed by atoms with E-state index in [1.165, 1.54) is 25.7 Å². The van der Waals surface area contributed by atoms with Crippen LogP contribution >= 0.6 is 11.3 Å². The molecule has 0 saturated heterocycles. The van der Waals surface area contributed by atoms with Crippen LogP contribution in [0.4, 0.5) is 0 Å². The van der Waals surface area contributed by atoms with Gasteiger partial charge in [0.2, 0.25) is 0 Å². The number of para-hydroxylation sites is 1. The molecule has 0 aliphatic heterocycles. The summed E-state index contributed by atoms with van der Waals surface area (Å²) in [6, 6.07) is 74.5. The highest BCUT2D eigenvalue weighted by atomic mass is 32.1. The van der Waals surface area contributed by atoms with Crippen LogP contribution in [0.3, 0.4) is 0 Å². The van der Waals surface area contributed by atoms with Crippen molar-refractivity contribution in [2.75, 3.05) is 0 Å². The van der Waals surface area contributed by atoms with Gasteiger partial charge in [0.1, 0.15) is 11.2 Å². The quantitative estimate of drug-likeness (QED) is 0.161. The molecule has 0 amide bonds. The summed E-state index contributed by atoms with van der Waals surface area (Å²) in [7, 11) is 0. The summed E-state index contributed by atoms with van der Waals surface area (Å²) < 4.78 is 9.33. The molecule has 12 rings (SSSR count). The Kier molecular flexibility index (Phi) is 8.65. The number of hydrogen-bond donors (Lipinski definition) is 0. The maximum Gasteiger partial charge on any atom is 0.164 e. The lowest BCUT2D eigenvalue weighted by Crippen LogP contribution is -2.00. The van der Waals surface area contributed by atoms with Gasteiger partial charge in [-0.15, -0.1) is 11.3 Å². The summed E-state index contributed by atoms with van der Waals surface area (Å²) in [4.78, 5) is 15.4. The van der Waals surface area contributed by atoms with Crippen LogP contribution in [-0.2, 0) is 0 Å². The SMILES string of the molecule is c1ccc(-c2cc(-c3ccccc3)cc(-c3nc(-c4ccccc4)nc(-c4ccc(-c5ccc(-c6ccc7sc8ccccc8c7c6)c6c5oc5ccccc56)cc4)n3)c2)cc1. The zero-order valence-electron chi connectivity index (χ0n) is 33.4. The van der Waals surface area contributed by atoms with Gasteiger partial charge in [-0.3, -0.25) is 0 Å². The van der Waals surface area contributed by atoms with E-state index in [-0.39, 0.29) is 0 Å². The second-order valence-corrected chi connectivity index (χ2v) is 16.6. The monoisotopic (exact) mass is 809 g/mol. The molecule has 0 aliphatic rings. The normalized spacial score (nSPS) is 11.5. The average Bonchev–Trinajstić information content (AvgIpc) is 3.93. The minimum atomic E-state index is 0.604. The van der Waals surface area contributed by atoms with Crippen molar-refractivity contribution in [3.63, 3.8) is 0 Å². The van der Waals surface area contributed by atoms with Crippen LogP contribution < -0.4 is 0 Å². The fourth-order valence-corrected chi connectivity index (χ4v) is 9.78. The fraction of sp³-hybridized carbons (Fsp3) is 0. The Morgan fingerprint density at radius 2 is 0.790 bits per heavy atom. The van der Waals surface area contributed by atoms with Crippen molar-refractivity contribution in [2.24, 2.45) is 0 Å². The van der Waals surface area contributed by atoms with E-state index in [2.05, 4.69) is 164 Å². The number of thiophene rings is 1. The highest BCUT2D eigenvalue weighted by Crippen LogP contribution is 2.44. The van der Waals surface area contributed by atoms with Gasteiger partial charge in [-0.05, 0) is 87.5 Å². The van der Waals surface area contributed by atoms with Crippen molar-refractivity contribution in [3.8, 4) is 78.7 Å². The van der Waals surface area contributed by atoms with Crippen LogP contribution in [0, 0.1) is 0 Å². The van der Waals surface area contributed by atoms with E-state index in [1.807, 2.05) is 59.9 Å². The molecule has 290 valence electrons. The molecule has 3 aromatic heterocycles. The van der Waals surface area contributed by atoms with Crippen molar-refractivity contribution < 1.29 is 4.42 Å². The Balaban J connectivity index is 0.980. The standard InChI is InChI=1S/C57H35N3OS/c1-4-14-36(15-5-1)42-32-43(37-16-6-2-7-17-37)34-44(33-42)57-59-55(39-18-8-3-9-19-39)58-56(60-57)40-26-24-38(25-27-40)46-30-29-45(53-48-21-10-12-22-50(48)61-54(46)53)41-28-31-52-49(35-41)47-20-11-13-23-51(47)62-52/h1-35H. The first-order valence-electron chi connectivity index (χ1n) is 20.7. The Morgan fingerprint density at radius 3 is 1.47 bits per heavy atom. The number of rotatable bonds is 7. The average molecular weight is 810 g/mol. The molecule has 0 radical (unpaired) electrons. The Hall–Kier alpha value is -7.99. The molecule has 0 unspecified atom stereocenters. The molecular weight excluding hydrogens is 775 g/mol. The molecule has 0 saturated carbocycles. The van der Waals surface area contributed by atoms with E-state index in [9.17, 15) is 0 Å². The smallest absolute Gasteiger partial charge is 0.164 e. The molecule has 5 heteroatoms. The van der Waals surface area contributed by atoms with E-state index in [4.69, 9.17) is 19.4 Å². The topological polar surface area (TPSA) is 51.8 Å². The maximum absolute atomic E-state index is 6.74. The van der Waals surface area contributed by atoms with E-state index in [0.29, 0.717) is 17.5 Å². The molecule has 0 aliphatic carbocycles. The van der Waals surface area contributed by atoms with Crippen LogP contribution in [0.25, 0.3) is 121 Å². The molecule has 12 aromatic rings. The third kappa shape index (κ3) is 6.35. The van der Waals surface area contributed by atoms with E-state index >= 15 is 0 Å². The van der Waals surface area contributed by atoms with Crippen molar-refractivity contribution in [2.45, 2.75) is 0 Å². The van der Waals surface area contributed by atoms with Crippen LogP contribution in [0.2, 0.25) is 0 Å². The van der Waals surface area contributed by atoms with Crippen molar-refractivity contribution in [1.82, 2.24) is 15.0 Å². The lowest BCUT2D eigenvalue weighted by molar-refractivity contribution is 0.670. The molecule has 3 heterocycles. The number of hydrogen-bond acceptors (Lipinski definition) is 5. The number of aromatic nitrogens is 3. The predicted octanol–water partition coefficient (Wildman–Crippen LogP) is 15.8. The lowest BCUT2D eigenvalue weighted by Gasteiger charge is -2.13. The first kappa shape index (κ1) is 35.9. The van der Waals surface area contributed by atoms with Crippen LogP contribution in [0.15, 0.2) is 217 Å². The van der Waals surface area contributed by atoms with Crippen LogP contribution in [-0.4, -0.2) is 15.0 Å². The summed E-state index contributed by atoms with van der Waals surface area (Å²) in [5.41, 5.74) is 13.3. The van der Waals surface area contributed by atoms with Gasteiger partial charge < -0.3 is 4.42 Å². The Labute approximate surface area is 362 Å². The Bertz CT molecular complexity index is 3560. The molecule has 9 aromatic carbocycles. The fourth-order valence-electron chi connectivity index (χ4n) is 8.69. The first-order chi connectivity index (χ1) is 30.7. The van der Waals surface area contributed by atoms with E-state index < -0.39 is 0 Å². The predicted molar refractivity (Wildman–Crippen MR) is 258 cm³/mol. The van der Waals surface area contributed by atoms with E-state index in [0.717, 1.165) is 77.6 Å². The minimum Gasteiger partial charge on any atom is -0.455 e. The molecule has 0 N–H and O–H groups in total. The van der Waals surface area contributed by atoms with Gasteiger partial charge in [0.15, 0.2) is 17.5 Å². The second-order valence-electron chi connectivity index (χ2n) is 15.6. The molecule has 0 bridgehead atoms. The summed E-state index contributed by atoms with van der Waals surface area (Å²) in [5, 5.41) is 4.78. The van der Waals surface area contributed by atoms with Gasteiger partial charge in [0.05, 0.1) is 0 Å². The van der Waals surface area contributed by atoms with Gasteiger partial charge in [0.25, 0.3) is 0 Å². The van der Waals surface area contributed by atoms with Crippen molar-refractivity contribution in [3.05, 3.63) is 212 Å². The zero-order chi connectivity index (χ0) is 41.0. The molecule has 0 spiro atoms. The Morgan fingerprint density at radius 1 is 0.306 bits per heavy atom. The molecule has 0 fully saturated rings. The third-order valence-corrected chi connectivity index (χ3v) is 12.9. The summed E-state index contributed by atoms with van der Waals surface area (Å²) >= 11 is 1.84. The van der Waals surface area contributed by atoms with Gasteiger partial charge in [-0.1, -0.05) is 164 Å². The third-order valence-electron chi connectivity index (χ3n) is 11.7. The van der Waals surface area contributed by atoms with Crippen molar-refractivity contribution in [1.29, 1.82) is 0 Å². The number of benzene rings is 9. The van der Waals surface area contributed by atoms with Gasteiger partial charge in [-0.2, -0.15) is 0 Å². The number of fused-ring (bicyclic) bond motifs is 6. The highest BCUT2D eigenvalue weighted by molar-refractivity contribution is 7.25. The van der Waals surface area contributed by atoms with Gasteiger partial charge in [-0.25, -0.2) is 15.0 Å². The zero-order valence-corrected chi connectivity index (χ0v) is 34.2. The second kappa shape index (κ2) is 14.9. The summed E-state index contributed by atoms with van der Waals surface area (Å²) in [5.74, 6) is 1.84. The van der Waals surface area contributed by atoms with Crippen LogP contribution in [0.5, 0.6) is 0 Å². The lowest BCUT2D eigenvalue weighted by atomic mass is 9.93. The molecule has 0 atom stereocenters. The van der Waals surface area contributed by atoms with E-state index in [1.54, 1.807) is 0 Å². The van der Waals surface area contributed by atoms with Gasteiger partial charge >= 0.3 is 0 Å². The maximum atomic E-state index is 6.74. The first-order valence-corrected chi connectivity index (χ1v) is 21.6. The number of furan rings is 1.